The molecule has 2 aromatic rings. The number of rotatable bonds is 3. The van der Waals surface area contributed by atoms with Crippen LogP contribution in [-0.2, 0) is 6.18 Å². The van der Waals surface area contributed by atoms with E-state index in [1.54, 1.807) is 12.1 Å². The molecule has 1 atom stereocenters. The summed E-state index contributed by atoms with van der Waals surface area (Å²) in [5.74, 6) is 4.06. The molecule has 0 spiro atoms. The van der Waals surface area contributed by atoms with Crippen LogP contribution in [0.15, 0.2) is 30.3 Å². The van der Waals surface area contributed by atoms with E-state index >= 15 is 0 Å². The zero-order valence-corrected chi connectivity index (χ0v) is 11.4. The van der Waals surface area contributed by atoms with Crippen LogP contribution in [0.3, 0.4) is 0 Å². The third-order valence-electron chi connectivity index (χ3n) is 2.67. The van der Waals surface area contributed by atoms with Crippen LogP contribution in [0, 0.1) is 5.82 Å². The van der Waals surface area contributed by atoms with Gasteiger partial charge in [-0.15, -0.1) is 11.3 Å². The van der Waals surface area contributed by atoms with Crippen molar-refractivity contribution in [3.8, 4) is 0 Å². The lowest BCUT2D eigenvalue weighted by Gasteiger charge is -2.17. The first kappa shape index (κ1) is 15.2. The van der Waals surface area contributed by atoms with E-state index in [1.807, 2.05) is 0 Å². The van der Waals surface area contributed by atoms with E-state index < -0.39 is 23.6 Å². The first-order valence-electron chi connectivity index (χ1n) is 5.41. The van der Waals surface area contributed by atoms with Crippen molar-refractivity contribution in [1.82, 2.24) is 5.43 Å². The van der Waals surface area contributed by atoms with Crippen molar-refractivity contribution in [2.45, 2.75) is 12.2 Å². The molecule has 1 unspecified atom stereocenters. The molecule has 0 saturated carbocycles. The van der Waals surface area contributed by atoms with Gasteiger partial charge in [0.15, 0.2) is 0 Å². The second-order valence-corrected chi connectivity index (χ2v) is 5.73. The second kappa shape index (κ2) is 5.69. The summed E-state index contributed by atoms with van der Waals surface area (Å²) in [6.45, 7) is 0. The third kappa shape index (κ3) is 3.12. The molecule has 20 heavy (non-hydrogen) atoms. The highest BCUT2D eigenvalue weighted by molar-refractivity contribution is 7.16. The first-order chi connectivity index (χ1) is 9.32. The van der Waals surface area contributed by atoms with Gasteiger partial charge in [-0.2, -0.15) is 13.2 Å². The minimum Gasteiger partial charge on any atom is -0.271 e. The molecular formula is C12H9ClF4N2S. The van der Waals surface area contributed by atoms with Gasteiger partial charge in [-0.3, -0.25) is 5.84 Å². The minimum atomic E-state index is -4.76. The first-order valence-corrected chi connectivity index (χ1v) is 6.60. The van der Waals surface area contributed by atoms with E-state index in [0.717, 1.165) is 12.1 Å². The van der Waals surface area contributed by atoms with Crippen molar-refractivity contribution in [1.29, 1.82) is 0 Å². The van der Waals surface area contributed by atoms with Crippen LogP contribution in [0.5, 0.6) is 0 Å². The summed E-state index contributed by atoms with van der Waals surface area (Å²) < 4.78 is 51.8. The average Bonchev–Trinajstić information content (AvgIpc) is 2.77. The maximum absolute atomic E-state index is 13.2. The summed E-state index contributed by atoms with van der Waals surface area (Å²) >= 11 is 6.97. The van der Waals surface area contributed by atoms with Crippen molar-refractivity contribution >= 4 is 22.9 Å². The molecule has 108 valence electrons. The Bertz CT molecular complexity index is 612. The van der Waals surface area contributed by atoms with Crippen LogP contribution < -0.4 is 11.3 Å². The Balaban J connectivity index is 2.46. The van der Waals surface area contributed by atoms with Gasteiger partial charge in [0.2, 0.25) is 0 Å². The zero-order valence-electron chi connectivity index (χ0n) is 9.84. The number of halogens is 5. The predicted octanol–water partition coefficient (Wildman–Crippen LogP) is 4.11. The SMILES string of the molecule is NNC(c1ccc(F)c(C(F)(F)F)c1)c1ccc(Cl)s1. The molecule has 0 bridgehead atoms. The monoisotopic (exact) mass is 324 g/mol. The fourth-order valence-electron chi connectivity index (χ4n) is 1.77. The Hall–Kier alpha value is -1.15. The lowest BCUT2D eigenvalue weighted by atomic mass is 10.0. The molecular weight excluding hydrogens is 316 g/mol. The van der Waals surface area contributed by atoms with Gasteiger partial charge in [0, 0.05) is 4.88 Å². The number of nitrogens with one attached hydrogen (secondary N) is 1. The van der Waals surface area contributed by atoms with E-state index in [4.69, 9.17) is 17.4 Å². The molecule has 0 saturated heterocycles. The number of nitrogens with two attached hydrogens (primary N) is 1. The Labute approximate surface area is 121 Å². The molecule has 8 heteroatoms. The number of thiophene rings is 1. The van der Waals surface area contributed by atoms with E-state index in [9.17, 15) is 17.6 Å². The maximum atomic E-state index is 13.2. The summed E-state index contributed by atoms with van der Waals surface area (Å²) in [4.78, 5) is 0.636. The maximum Gasteiger partial charge on any atom is 0.419 e. The summed E-state index contributed by atoms with van der Waals surface area (Å²) in [5, 5.41) is 0. The fraction of sp³-hybridized carbons (Fsp3) is 0.167. The van der Waals surface area contributed by atoms with Crippen LogP contribution in [-0.4, -0.2) is 0 Å². The molecule has 0 amide bonds. The molecule has 1 aromatic heterocycles. The highest BCUT2D eigenvalue weighted by Gasteiger charge is 2.34. The van der Waals surface area contributed by atoms with Gasteiger partial charge in [-0.25, -0.2) is 9.82 Å². The topological polar surface area (TPSA) is 38.0 Å². The van der Waals surface area contributed by atoms with Gasteiger partial charge in [-0.05, 0) is 29.8 Å². The Morgan fingerprint density at radius 1 is 1.20 bits per heavy atom. The standard InChI is InChI=1S/C12H9ClF4N2S/c13-10-4-3-9(20-10)11(19-18)6-1-2-8(14)7(5-6)12(15,16)17/h1-5,11,19H,18H2. The summed E-state index contributed by atoms with van der Waals surface area (Å²) in [7, 11) is 0. The molecule has 2 rings (SSSR count). The van der Waals surface area contributed by atoms with E-state index in [1.165, 1.54) is 17.4 Å². The summed E-state index contributed by atoms with van der Waals surface area (Å²) in [6.07, 6.45) is -4.76. The number of hydrogen-bond donors (Lipinski definition) is 2. The van der Waals surface area contributed by atoms with Gasteiger partial charge in [0.25, 0.3) is 0 Å². The molecule has 0 radical (unpaired) electrons. The molecule has 0 fully saturated rings. The van der Waals surface area contributed by atoms with Gasteiger partial charge in [-0.1, -0.05) is 17.7 Å². The molecule has 0 aliphatic rings. The largest absolute Gasteiger partial charge is 0.419 e. The third-order valence-corrected chi connectivity index (χ3v) is 3.97. The van der Waals surface area contributed by atoms with E-state index in [-0.39, 0.29) is 5.56 Å². The fourth-order valence-corrected chi connectivity index (χ4v) is 2.92. The molecule has 2 nitrogen and oxygen atoms in total. The van der Waals surface area contributed by atoms with Crippen LogP contribution in [0.4, 0.5) is 17.6 Å². The number of alkyl halides is 3. The molecule has 1 aromatic carbocycles. The number of hydrazine groups is 1. The quantitative estimate of drug-likeness (QED) is 0.506. The molecule has 0 aliphatic heterocycles. The molecule has 3 N–H and O–H groups in total. The predicted molar refractivity (Wildman–Crippen MR) is 69.9 cm³/mol. The van der Waals surface area contributed by atoms with E-state index in [2.05, 4.69) is 5.43 Å². The highest BCUT2D eigenvalue weighted by atomic mass is 35.5. The van der Waals surface area contributed by atoms with Gasteiger partial charge < -0.3 is 0 Å². The summed E-state index contributed by atoms with van der Waals surface area (Å²) in [5.41, 5.74) is 1.29. The van der Waals surface area contributed by atoms with Crippen molar-refractivity contribution in [3.63, 3.8) is 0 Å². The van der Waals surface area contributed by atoms with Crippen LogP contribution in [0.25, 0.3) is 0 Å². The number of benzene rings is 1. The van der Waals surface area contributed by atoms with Crippen LogP contribution in [0.2, 0.25) is 4.34 Å². The van der Waals surface area contributed by atoms with Crippen molar-refractivity contribution in [3.05, 3.63) is 56.5 Å². The Kier molecular flexibility index (Phi) is 4.33. The van der Waals surface area contributed by atoms with Crippen molar-refractivity contribution in [2.75, 3.05) is 0 Å². The van der Waals surface area contributed by atoms with Crippen LogP contribution in [0.1, 0.15) is 22.0 Å². The smallest absolute Gasteiger partial charge is 0.271 e. The second-order valence-electron chi connectivity index (χ2n) is 3.98. The highest BCUT2D eigenvalue weighted by Crippen LogP contribution is 2.35. The molecule has 1 heterocycles. The van der Waals surface area contributed by atoms with Gasteiger partial charge in [0.1, 0.15) is 5.82 Å². The lowest BCUT2D eigenvalue weighted by molar-refractivity contribution is -0.140. The average molecular weight is 325 g/mol. The van der Waals surface area contributed by atoms with Crippen molar-refractivity contribution in [2.24, 2.45) is 5.84 Å². The lowest BCUT2D eigenvalue weighted by Crippen LogP contribution is -2.28. The summed E-state index contributed by atoms with van der Waals surface area (Å²) in [6, 6.07) is 5.34. The normalized spacial score (nSPS) is 13.5. The van der Waals surface area contributed by atoms with E-state index in [0.29, 0.717) is 9.21 Å². The Morgan fingerprint density at radius 3 is 2.40 bits per heavy atom. The van der Waals surface area contributed by atoms with Crippen molar-refractivity contribution < 1.29 is 17.6 Å². The number of hydrogen-bond acceptors (Lipinski definition) is 3. The Morgan fingerprint density at radius 2 is 1.90 bits per heavy atom. The molecule has 0 aliphatic carbocycles. The van der Waals surface area contributed by atoms with Crippen LogP contribution >= 0.6 is 22.9 Å². The van der Waals surface area contributed by atoms with Gasteiger partial charge >= 0.3 is 6.18 Å². The zero-order chi connectivity index (χ0) is 14.9. The minimum absolute atomic E-state index is 0.208. The van der Waals surface area contributed by atoms with Gasteiger partial charge in [0.05, 0.1) is 15.9 Å².